The molecule has 1 atom stereocenters. The molecule has 0 spiro atoms. The van der Waals surface area contributed by atoms with Gasteiger partial charge in [0.25, 0.3) is 5.91 Å². The summed E-state index contributed by atoms with van der Waals surface area (Å²) in [6, 6.07) is 18.2. The average molecular weight is 450 g/mol. The molecular weight excluding hydrogens is 426 g/mol. The van der Waals surface area contributed by atoms with Gasteiger partial charge in [-0.1, -0.05) is 18.2 Å². The third-order valence-corrected chi connectivity index (χ3v) is 6.14. The Labute approximate surface area is 196 Å². The van der Waals surface area contributed by atoms with Crippen LogP contribution in [0, 0.1) is 13.8 Å². The molecule has 1 amide bonds. The van der Waals surface area contributed by atoms with Crippen LogP contribution in [-0.2, 0) is 6.42 Å². The molecule has 0 aliphatic carbocycles. The maximum atomic E-state index is 12.7. The predicted molar refractivity (Wildman–Crippen MR) is 130 cm³/mol. The van der Waals surface area contributed by atoms with E-state index >= 15 is 0 Å². The summed E-state index contributed by atoms with van der Waals surface area (Å²) in [6.45, 7) is 4.50. The Morgan fingerprint density at radius 1 is 1.15 bits per heavy atom. The minimum Gasteiger partial charge on any atom is -0.487 e. The highest BCUT2D eigenvalue weighted by Crippen LogP contribution is 2.40. The third-order valence-electron chi connectivity index (χ3n) is 6.14. The van der Waals surface area contributed by atoms with Crippen molar-refractivity contribution in [2.75, 3.05) is 6.54 Å². The molecule has 6 rings (SSSR count). The molecule has 0 radical (unpaired) electrons. The van der Waals surface area contributed by atoms with Gasteiger partial charge in [-0.05, 0) is 60.9 Å². The van der Waals surface area contributed by atoms with E-state index in [9.17, 15) is 4.79 Å². The molecule has 34 heavy (non-hydrogen) atoms. The molecule has 7 heteroatoms. The van der Waals surface area contributed by atoms with Gasteiger partial charge in [-0.15, -0.1) is 0 Å². The van der Waals surface area contributed by atoms with Crippen LogP contribution in [0.4, 0.5) is 0 Å². The second kappa shape index (κ2) is 7.95. The number of carbonyl (C=O) groups excluding carboxylic acids is 1. The van der Waals surface area contributed by atoms with E-state index in [4.69, 9.17) is 4.74 Å². The van der Waals surface area contributed by atoms with Crippen LogP contribution in [0.2, 0.25) is 0 Å². The quantitative estimate of drug-likeness (QED) is 0.443. The summed E-state index contributed by atoms with van der Waals surface area (Å²) in [4.78, 5) is 21.5. The summed E-state index contributed by atoms with van der Waals surface area (Å²) >= 11 is 0. The van der Waals surface area contributed by atoms with Crippen molar-refractivity contribution in [2.45, 2.75) is 26.4 Å². The highest BCUT2D eigenvalue weighted by atomic mass is 16.5. The Balaban J connectivity index is 1.22. The van der Waals surface area contributed by atoms with E-state index in [-0.39, 0.29) is 12.0 Å². The van der Waals surface area contributed by atoms with E-state index in [2.05, 4.69) is 63.7 Å². The molecule has 1 N–H and O–H groups in total. The number of fused-ring (bicyclic) bond motifs is 3. The predicted octanol–water partition coefficient (Wildman–Crippen LogP) is 4.29. The lowest BCUT2D eigenvalue weighted by molar-refractivity contribution is 0.0928. The molecule has 4 heterocycles. The van der Waals surface area contributed by atoms with Crippen molar-refractivity contribution < 1.29 is 9.53 Å². The molecule has 3 aromatic heterocycles. The fourth-order valence-corrected chi connectivity index (χ4v) is 4.55. The molecule has 2 aromatic carbocycles. The topological polar surface area (TPSA) is 81.4 Å². The van der Waals surface area contributed by atoms with Crippen LogP contribution >= 0.6 is 0 Å². The van der Waals surface area contributed by atoms with Gasteiger partial charge in [-0.25, -0.2) is 9.50 Å². The Hall–Kier alpha value is -4.26. The largest absolute Gasteiger partial charge is 0.487 e. The van der Waals surface area contributed by atoms with Gasteiger partial charge < -0.3 is 10.1 Å². The number of rotatable bonds is 4. The molecule has 0 unspecified atom stereocenters. The van der Waals surface area contributed by atoms with E-state index in [0.717, 1.165) is 45.5 Å². The lowest BCUT2D eigenvalue weighted by Gasteiger charge is -2.14. The van der Waals surface area contributed by atoms with Crippen molar-refractivity contribution >= 4 is 22.5 Å². The number of hydrogen-bond donors (Lipinski definition) is 1. The van der Waals surface area contributed by atoms with Crippen LogP contribution < -0.4 is 10.1 Å². The van der Waals surface area contributed by atoms with E-state index in [1.54, 1.807) is 29.0 Å². The number of aromatic nitrogens is 4. The van der Waals surface area contributed by atoms with Crippen molar-refractivity contribution in [3.63, 3.8) is 0 Å². The number of ether oxygens (including phenoxy) is 1. The SMILES string of the molecule is Cc1cc2c(c(-c3ccc4nc(C)ccc4c3)c1)O[C@@H](CNC(=O)c1cc3ncccn3n1)C2. The number of carbonyl (C=O) groups is 1. The van der Waals surface area contributed by atoms with Gasteiger partial charge in [-0.2, -0.15) is 5.10 Å². The molecule has 0 saturated heterocycles. The number of nitrogens with zero attached hydrogens (tertiary/aromatic N) is 4. The van der Waals surface area contributed by atoms with Crippen molar-refractivity contribution in [2.24, 2.45) is 0 Å². The minimum atomic E-state index is -0.237. The van der Waals surface area contributed by atoms with E-state index in [1.807, 2.05) is 13.0 Å². The number of nitrogens with one attached hydrogen (secondary N) is 1. The van der Waals surface area contributed by atoms with E-state index in [0.29, 0.717) is 17.9 Å². The first-order chi connectivity index (χ1) is 16.5. The number of benzene rings is 2. The molecular formula is C27H23N5O2. The minimum absolute atomic E-state index is 0.139. The second-order valence-corrected chi connectivity index (χ2v) is 8.77. The number of hydrogen-bond acceptors (Lipinski definition) is 5. The second-order valence-electron chi connectivity index (χ2n) is 8.77. The zero-order valence-electron chi connectivity index (χ0n) is 18.9. The Morgan fingerprint density at radius 3 is 2.94 bits per heavy atom. The molecule has 0 fully saturated rings. The van der Waals surface area contributed by atoms with Gasteiger partial charge in [0.1, 0.15) is 11.9 Å². The van der Waals surface area contributed by atoms with Gasteiger partial charge >= 0.3 is 0 Å². The Kier molecular flexibility index (Phi) is 4.76. The standard InChI is InChI=1S/C27H23N5O2/c1-16-10-20-13-21(15-29-27(33)24-14-25-28-8-3-9-32(25)31-24)34-26(20)22(11-16)18-6-7-23-19(12-18)5-4-17(2)30-23/h3-12,14,21H,13,15H2,1-2H3,(H,29,33)/t21-/m1/s1. The summed E-state index contributed by atoms with van der Waals surface area (Å²) in [7, 11) is 0. The lowest BCUT2D eigenvalue weighted by atomic mass is 9.97. The Bertz CT molecular complexity index is 1540. The van der Waals surface area contributed by atoms with Crippen LogP contribution in [0.3, 0.4) is 0 Å². The van der Waals surface area contributed by atoms with Gasteiger partial charge in [0, 0.05) is 41.5 Å². The number of amides is 1. The number of aryl methyl sites for hydroxylation is 2. The van der Waals surface area contributed by atoms with Crippen molar-refractivity contribution in [3.05, 3.63) is 89.5 Å². The first-order valence-electron chi connectivity index (χ1n) is 11.3. The molecule has 5 aromatic rings. The molecule has 0 saturated carbocycles. The summed E-state index contributed by atoms with van der Waals surface area (Å²) in [5.41, 5.74) is 7.47. The summed E-state index contributed by atoms with van der Waals surface area (Å²) in [5, 5.41) is 8.35. The van der Waals surface area contributed by atoms with Crippen LogP contribution in [0.25, 0.3) is 27.7 Å². The van der Waals surface area contributed by atoms with Gasteiger partial charge in [0.15, 0.2) is 11.3 Å². The first kappa shape index (κ1) is 20.4. The van der Waals surface area contributed by atoms with Crippen molar-refractivity contribution in [1.82, 2.24) is 24.9 Å². The molecule has 168 valence electrons. The highest BCUT2D eigenvalue weighted by molar-refractivity contribution is 5.93. The first-order valence-corrected chi connectivity index (χ1v) is 11.3. The zero-order chi connectivity index (χ0) is 23.2. The Morgan fingerprint density at radius 2 is 2.06 bits per heavy atom. The number of pyridine rings is 1. The van der Waals surface area contributed by atoms with Gasteiger partial charge in [-0.3, -0.25) is 9.78 Å². The van der Waals surface area contributed by atoms with Crippen LogP contribution in [-0.4, -0.2) is 38.1 Å². The molecule has 1 aliphatic heterocycles. The smallest absolute Gasteiger partial charge is 0.272 e. The fourth-order valence-electron chi connectivity index (χ4n) is 4.55. The monoisotopic (exact) mass is 449 g/mol. The van der Waals surface area contributed by atoms with Crippen molar-refractivity contribution in [3.8, 4) is 16.9 Å². The normalized spacial score (nSPS) is 14.8. The van der Waals surface area contributed by atoms with Gasteiger partial charge in [0.2, 0.25) is 0 Å². The van der Waals surface area contributed by atoms with Crippen LogP contribution in [0.1, 0.15) is 27.3 Å². The van der Waals surface area contributed by atoms with Crippen LogP contribution in [0.15, 0.2) is 67.0 Å². The molecule has 0 bridgehead atoms. The van der Waals surface area contributed by atoms with E-state index < -0.39 is 0 Å². The summed E-state index contributed by atoms with van der Waals surface area (Å²) < 4.78 is 7.95. The third kappa shape index (κ3) is 3.65. The molecule has 1 aliphatic rings. The maximum absolute atomic E-state index is 12.7. The summed E-state index contributed by atoms with van der Waals surface area (Å²) in [6.07, 6.45) is 4.05. The maximum Gasteiger partial charge on any atom is 0.272 e. The fraction of sp³-hybridized carbons (Fsp3) is 0.185. The van der Waals surface area contributed by atoms with Crippen molar-refractivity contribution in [1.29, 1.82) is 0 Å². The van der Waals surface area contributed by atoms with Crippen LogP contribution in [0.5, 0.6) is 5.75 Å². The summed E-state index contributed by atoms with van der Waals surface area (Å²) in [5.74, 6) is 0.653. The molecule has 7 nitrogen and oxygen atoms in total. The van der Waals surface area contributed by atoms with E-state index in [1.165, 1.54) is 5.56 Å². The average Bonchev–Trinajstić information content (AvgIpc) is 3.45. The highest BCUT2D eigenvalue weighted by Gasteiger charge is 2.27. The lowest BCUT2D eigenvalue weighted by Crippen LogP contribution is -2.34. The van der Waals surface area contributed by atoms with Gasteiger partial charge in [0.05, 0.1) is 12.1 Å². The zero-order valence-corrected chi connectivity index (χ0v) is 18.9.